The molecule has 1 heterocycles. The van der Waals surface area contributed by atoms with Gasteiger partial charge in [-0.1, -0.05) is 6.07 Å². The second-order valence-corrected chi connectivity index (χ2v) is 4.81. The molecule has 0 bridgehead atoms. The summed E-state index contributed by atoms with van der Waals surface area (Å²) in [7, 11) is 0. The maximum Gasteiger partial charge on any atom is 0.450 e. The maximum atomic E-state index is 13.8. The van der Waals surface area contributed by atoms with Gasteiger partial charge in [-0.25, -0.2) is 9.37 Å². The number of benzene rings is 1. The van der Waals surface area contributed by atoms with Gasteiger partial charge in [0.15, 0.2) is 5.78 Å². The number of carbonyl (C=O) groups excluding carboxylic acids is 2. The van der Waals surface area contributed by atoms with Gasteiger partial charge in [0.25, 0.3) is 0 Å². The minimum atomic E-state index is -5.10. The molecule has 110 valence electrons. The van der Waals surface area contributed by atoms with Crippen LogP contribution in [0.5, 0.6) is 0 Å². The Bertz CT molecular complexity index is 680. The monoisotopic (exact) mass is 317 g/mol. The predicted molar refractivity (Wildman–Crippen MR) is 67.5 cm³/mol. The number of hydrogen-bond acceptors (Lipinski definition) is 4. The fourth-order valence-electron chi connectivity index (χ4n) is 1.60. The van der Waals surface area contributed by atoms with E-state index in [-0.39, 0.29) is 0 Å². The predicted octanol–water partition coefficient (Wildman–Crippen LogP) is 3.65. The lowest BCUT2D eigenvalue weighted by molar-refractivity contribution is -0.170. The Kier molecular flexibility index (Phi) is 4.17. The number of Topliss-reactive ketones (excluding diaryl/α,β-unsaturated/α-hetero) is 2. The summed E-state index contributed by atoms with van der Waals surface area (Å²) in [6.07, 6.45) is -6.51. The van der Waals surface area contributed by atoms with Crippen molar-refractivity contribution in [2.45, 2.75) is 12.6 Å². The molecule has 2 rings (SSSR count). The lowest BCUT2D eigenvalue weighted by Crippen LogP contribution is -2.25. The van der Waals surface area contributed by atoms with Crippen LogP contribution in [0.2, 0.25) is 0 Å². The summed E-state index contributed by atoms with van der Waals surface area (Å²) in [6.45, 7) is 0. The van der Waals surface area contributed by atoms with E-state index in [4.69, 9.17) is 0 Å². The molecule has 0 aliphatic heterocycles. The molecule has 0 spiro atoms. The second-order valence-electron chi connectivity index (χ2n) is 4.09. The molecule has 0 fully saturated rings. The molecule has 0 aliphatic carbocycles. The highest BCUT2D eigenvalue weighted by atomic mass is 32.1. The highest BCUT2D eigenvalue weighted by molar-refractivity contribution is 7.07. The number of aromatic nitrogens is 1. The van der Waals surface area contributed by atoms with Crippen LogP contribution in [0.4, 0.5) is 17.6 Å². The minimum Gasteiger partial charge on any atom is -0.294 e. The van der Waals surface area contributed by atoms with Crippen LogP contribution in [0.15, 0.2) is 29.1 Å². The highest BCUT2D eigenvalue weighted by Crippen LogP contribution is 2.24. The number of ketones is 2. The lowest BCUT2D eigenvalue weighted by atomic mass is 10.0. The molecular formula is C13H7F4NO2S. The number of hydrogen-bond donors (Lipinski definition) is 0. The summed E-state index contributed by atoms with van der Waals surface area (Å²) >= 11 is 1.29. The third-order valence-electron chi connectivity index (χ3n) is 2.63. The van der Waals surface area contributed by atoms with E-state index in [1.165, 1.54) is 22.9 Å². The Morgan fingerprint density at radius 2 is 1.95 bits per heavy atom. The molecule has 0 unspecified atom stereocenters. The zero-order valence-electron chi connectivity index (χ0n) is 10.3. The fraction of sp³-hybridized carbons (Fsp3) is 0.154. The number of alkyl halides is 3. The van der Waals surface area contributed by atoms with Gasteiger partial charge in [-0.15, -0.1) is 11.3 Å². The summed E-state index contributed by atoms with van der Waals surface area (Å²) in [5.74, 6) is -4.39. The molecule has 2 aromatic rings. The van der Waals surface area contributed by atoms with Crippen LogP contribution in [0.1, 0.15) is 16.8 Å². The van der Waals surface area contributed by atoms with Crippen molar-refractivity contribution in [3.8, 4) is 11.3 Å². The van der Waals surface area contributed by atoms with Crippen LogP contribution in [0.25, 0.3) is 11.3 Å². The number of rotatable bonds is 4. The van der Waals surface area contributed by atoms with Crippen molar-refractivity contribution in [1.29, 1.82) is 0 Å². The maximum absolute atomic E-state index is 13.8. The smallest absolute Gasteiger partial charge is 0.294 e. The number of halogens is 4. The first kappa shape index (κ1) is 15.3. The van der Waals surface area contributed by atoms with Crippen LogP contribution >= 0.6 is 11.3 Å². The number of carbonyl (C=O) groups is 2. The molecule has 8 heteroatoms. The standard InChI is InChI=1S/C13H7F4NO2S/c14-9-3-7(10-5-21-6-18-10)1-2-8(9)11(19)4-12(20)13(15,16)17/h1-3,5-6H,4H2. The first-order valence-corrected chi connectivity index (χ1v) is 6.54. The summed E-state index contributed by atoms with van der Waals surface area (Å²) in [6, 6.07) is 3.42. The quantitative estimate of drug-likeness (QED) is 0.491. The summed E-state index contributed by atoms with van der Waals surface area (Å²) < 4.78 is 50.0. The zero-order valence-corrected chi connectivity index (χ0v) is 11.1. The molecule has 0 saturated carbocycles. The third kappa shape index (κ3) is 3.52. The van der Waals surface area contributed by atoms with E-state index in [1.807, 2.05) is 0 Å². The molecule has 0 atom stereocenters. The van der Waals surface area contributed by atoms with Crippen molar-refractivity contribution < 1.29 is 27.2 Å². The van der Waals surface area contributed by atoms with Crippen molar-refractivity contribution in [3.05, 3.63) is 40.5 Å². The molecule has 3 nitrogen and oxygen atoms in total. The van der Waals surface area contributed by atoms with Gasteiger partial charge < -0.3 is 0 Å². The van der Waals surface area contributed by atoms with Gasteiger partial charge >= 0.3 is 6.18 Å². The zero-order chi connectivity index (χ0) is 15.6. The SMILES string of the molecule is O=C(CC(=O)C(F)(F)F)c1ccc(-c2cscn2)cc1F. The summed E-state index contributed by atoms with van der Waals surface area (Å²) in [5.41, 5.74) is 1.87. The minimum absolute atomic E-state index is 0.396. The van der Waals surface area contributed by atoms with E-state index >= 15 is 0 Å². The van der Waals surface area contributed by atoms with Gasteiger partial charge in [-0.3, -0.25) is 9.59 Å². The van der Waals surface area contributed by atoms with Crippen LogP contribution in [0.3, 0.4) is 0 Å². The van der Waals surface area contributed by atoms with Crippen molar-refractivity contribution in [1.82, 2.24) is 4.98 Å². The van der Waals surface area contributed by atoms with Crippen LogP contribution < -0.4 is 0 Å². The second kappa shape index (κ2) is 5.72. The molecule has 1 aromatic heterocycles. The van der Waals surface area contributed by atoms with Gasteiger partial charge in [0, 0.05) is 10.9 Å². The Balaban J connectivity index is 2.22. The normalized spacial score (nSPS) is 11.4. The van der Waals surface area contributed by atoms with Gasteiger partial charge in [0.2, 0.25) is 5.78 Å². The summed E-state index contributed by atoms with van der Waals surface area (Å²) in [4.78, 5) is 26.2. The first-order chi connectivity index (χ1) is 9.79. The molecule has 0 N–H and O–H groups in total. The number of nitrogens with zero attached hydrogens (tertiary/aromatic N) is 1. The van der Waals surface area contributed by atoms with Gasteiger partial charge in [0.1, 0.15) is 5.82 Å². The topological polar surface area (TPSA) is 47.0 Å². The molecule has 0 aliphatic rings. The van der Waals surface area contributed by atoms with Crippen LogP contribution in [-0.2, 0) is 4.79 Å². The van der Waals surface area contributed by atoms with Crippen molar-refractivity contribution >= 4 is 22.9 Å². The van der Waals surface area contributed by atoms with Gasteiger partial charge in [-0.05, 0) is 12.1 Å². The highest BCUT2D eigenvalue weighted by Gasteiger charge is 2.39. The molecule has 0 radical (unpaired) electrons. The van der Waals surface area contributed by atoms with E-state index in [0.717, 1.165) is 12.1 Å². The van der Waals surface area contributed by atoms with Crippen molar-refractivity contribution in [3.63, 3.8) is 0 Å². The molecule has 21 heavy (non-hydrogen) atoms. The van der Waals surface area contributed by atoms with E-state index in [0.29, 0.717) is 11.3 Å². The average Bonchev–Trinajstić information content (AvgIpc) is 2.90. The van der Waals surface area contributed by atoms with Gasteiger partial charge in [-0.2, -0.15) is 13.2 Å². The van der Waals surface area contributed by atoms with E-state index in [1.54, 1.807) is 5.38 Å². The third-order valence-corrected chi connectivity index (χ3v) is 3.22. The Hall–Kier alpha value is -2.09. The largest absolute Gasteiger partial charge is 0.450 e. The Morgan fingerprint density at radius 3 is 2.48 bits per heavy atom. The van der Waals surface area contributed by atoms with E-state index in [9.17, 15) is 27.2 Å². The number of thiazole rings is 1. The fourth-order valence-corrected chi connectivity index (χ4v) is 2.16. The van der Waals surface area contributed by atoms with Crippen LogP contribution in [0, 0.1) is 5.82 Å². The molecular weight excluding hydrogens is 310 g/mol. The average molecular weight is 317 g/mol. The van der Waals surface area contributed by atoms with E-state index < -0.39 is 35.5 Å². The van der Waals surface area contributed by atoms with Crippen molar-refractivity contribution in [2.75, 3.05) is 0 Å². The molecule has 0 amide bonds. The Labute approximate surface area is 120 Å². The van der Waals surface area contributed by atoms with Crippen molar-refractivity contribution in [2.24, 2.45) is 0 Å². The summed E-state index contributed by atoms with van der Waals surface area (Å²) in [5, 5.41) is 1.66. The van der Waals surface area contributed by atoms with E-state index in [2.05, 4.69) is 4.98 Å². The van der Waals surface area contributed by atoms with Gasteiger partial charge in [0.05, 0.1) is 23.2 Å². The molecule has 1 aromatic carbocycles. The lowest BCUT2D eigenvalue weighted by Gasteiger charge is -2.06. The van der Waals surface area contributed by atoms with Crippen LogP contribution in [-0.4, -0.2) is 22.7 Å². The molecule has 0 saturated heterocycles. The Morgan fingerprint density at radius 1 is 1.24 bits per heavy atom. The first-order valence-electron chi connectivity index (χ1n) is 5.60.